The molecule has 0 saturated heterocycles. The van der Waals surface area contributed by atoms with E-state index in [1.165, 1.54) is 0 Å². The topological polar surface area (TPSA) is 42.8 Å². The van der Waals surface area contributed by atoms with Crippen molar-refractivity contribution in [2.75, 3.05) is 6.61 Å². The molecule has 1 aromatic carbocycles. The SMILES string of the molecule is S=c1[nH]c2cccnc2n1CCOc1ccccc1. The van der Waals surface area contributed by atoms with E-state index < -0.39 is 0 Å². The van der Waals surface area contributed by atoms with Crippen molar-refractivity contribution in [1.82, 2.24) is 14.5 Å². The van der Waals surface area contributed by atoms with Gasteiger partial charge in [-0.15, -0.1) is 0 Å². The van der Waals surface area contributed by atoms with Crippen molar-refractivity contribution in [2.45, 2.75) is 6.54 Å². The average molecular weight is 271 g/mol. The zero-order valence-corrected chi connectivity index (χ0v) is 11.1. The largest absolute Gasteiger partial charge is 0.492 e. The number of benzene rings is 1. The van der Waals surface area contributed by atoms with E-state index in [-0.39, 0.29) is 0 Å². The number of hydrogen-bond donors (Lipinski definition) is 1. The van der Waals surface area contributed by atoms with Crippen molar-refractivity contribution in [2.24, 2.45) is 0 Å². The molecule has 0 saturated carbocycles. The Bertz CT molecular complexity index is 733. The highest BCUT2D eigenvalue weighted by molar-refractivity contribution is 7.71. The van der Waals surface area contributed by atoms with Crippen molar-refractivity contribution in [1.29, 1.82) is 0 Å². The molecule has 0 aliphatic carbocycles. The van der Waals surface area contributed by atoms with Crippen LogP contribution in [-0.4, -0.2) is 21.1 Å². The van der Waals surface area contributed by atoms with Crippen molar-refractivity contribution >= 4 is 23.4 Å². The van der Waals surface area contributed by atoms with Gasteiger partial charge in [-0.1, -0.05) is 18.2 Å². The fraction of sp³-hybridized carbons (Fsp3) is 0.143. The molecular weight excluding hydrogens is 258 g/mol. The van der Waals surface area contributed by atoms with Gasteiger partial charge in [-0.2, -0.15) is 0 Å². The minimum Gasteiger partial charge on any atom is -0.492 e. The summed E-state index contributed by atoms with van der Waals surface area (Å²) in [5, 5.41) is 0. The van der Waals surface area contributed by atoms with E-state index >= 15 is 0 Å². The molecule has 3 rings (SSSR count). The highest BCUT2D eigenvalue weighted by Gasteiger charge is 2.04. The lowest BCUT2D eigenvalue weighted by atomic mass is 10.3. The Morgan fingerprint density at radius 1 is 1.16 bits per heavy atom. The van der Waals surface area contributed by atoms with E-state index in [0.717, 1.165) is 16.9 Å². The predicted octanol–water partition coefficient (Wildman–Crippen LogP) is 3.17. The third-order valence-electron chi connectivity index (χ3n) is 2.86. The fourth-order valence-corrected chi connectivity index (χ4v) is 2.26. The minimum absolute atomic E-state index is 0.557. The number of aromatic nitrogens is 3. The molecule has 4 nitrogen and oxygen atoms in total. The standard InChI is InChI=1S/C14H13N3OS/c19-14-16-12-7-4-8-15-13(12)17(14)9-10-18-11-5-2-1-3-6-11/h1-8H,9-10H2,(H,16,19). The Labute approximate surface area is 115 Å². The smallest absolute Gasteiger partial charge is 0.179 e. The molecule has 5 heteroatoms. The number of nitrogens with one attached hydrogen (secondary N) is 1. The Balaban J connectivity index is 1.75. The molecule has 0 radical (unpaired) electrons. The molecule has 0 aliphatic rings. The first-order valence-electron chi connectivity index (χ1n) is 6.06. The van der Waals surface area contributed by atoms with Gasteiger partial charge in [0.25, 0.3) is 0 Å². The second-order valence-electron chi connectivity index (χ2n) is 4.12. The molecular formula is C14H13N3OS. The van der Waals surface area contributed by atoms with Crippen LogP contribution in [-0.2, 0) is 6.54 Å². The van der Waals surface area contributed by atoms with Gasteiger partial charge in [0, 0.05) is 6.20 Å². The lowest BCUT2D eigenvalue weighted by Gasteiger charge is -2.07. The Morgan fingerprint density at radius 3 is 2.84 bits per heavy atom. The minimum atomic E-state index is 0.557. The van der Waals surface area contributed by atoms with Gasteiger partial charge in [0.15, 0.2) is 10.4 Å². The molecule has 0 fully saturated rings. The summed E-state index contributed by atoms with van der Waals surface area (Å²) in [6.45, 7) is 1.23. The highest BCUT2D eigenvalue weighted by atomic mass is 32.1. The number of hydrogen-bond acceptors (Lipinski definition) is 3. The lowest BCUT2D eigenvalue weighted by molar-refractivity contribution is 0.299. The molecule has 1 N–H and O–H groups in total. The van der Waals surface area contributed by atoms with Crippen LogP contribution in [0.15, 0.2) is 48.7 Å². The second-order valence-corrected chi connectivity index (χ2v) is 4.50. The molecule has 19 heavy (non-hydrogen) atoms. The van der Waals surface area contributed by atoms with Gasteiger partial charge in [0.1, 0.15) is 12.4 Å². The van der Waals surface area contributed by atoms with Crippen molar-refractivity contribution in [3.63, 3.8) is 0 Å². The molecule has 2 aromatic heterocycles. The number of fused-ring (bicyclic) bond motifs is 1. The van der Waals surface area contributed by atoms with E-state index in [9.17, 15) is 0 Å². The molecule has 0 unspecified atom stereocenters. The third kappa shape index (κ3) is 2.51. The van der Waals surface area contributed by atoms with Crippen LogP contribution in [0.5, 0.6) is 5.75 Å². The Kier molecular flexibility index (Phi) is 3.29. The highest BCUT2D eigenvalue weighted by Crippen LogP contribution is 2.12. The van der Waals surface area contributed by atoms with Crippen LogP contribution in [0.3, 0.4) is 0 Å². The number of nitrogens with zero attached hydrogens (tertiary/aromatic N) is 2. The van der Waals surface area contributed by atoms with Crippen LogP contribution in [0.2, 0.25) is 0 Å². The summed E-state index contributed by atoms with van der Waals surface area (Å²) >= 11 is 5.29. The van der Waals surface area contributed by atoms with Gasteiger partial charge < -0.3 is 9.72 Å². The van der Waals surface area contributed by atoms with Crippen LogP contribution < -0.4 is 4.74 Å². The fourth-order valence-electron chi connectivity index (χ4n) is 1.97. The molecule has 0 atom stereocenters. The van der Waals surface area contributed by atoms with Crippen molar-refractivity contribution in [3.8, 4) is 5.75 Å². The molecule has 0 amide bonds. The number of para-hydroxylation sites is 1. The van der Waals surface area contributed by atoms with Crippen LogP contribution in [0.1, 0.15) is 0 Å². The molecule has 0 aliphatic heterocycles. The lowest BCUT2D eigenvalue weighted by Crippen LogP contribution is -2.08. The van der Waals surface area contributed by atoms with E-state index in [4.69, 9.17) is 17.0 Å². The summed E-state index contributed by atoms with van der Waals surface area (Å²) in [5.41, 5.74) is 1.82. The Hall–Kier alpha value is -2.14. The van der Waals surface area contributed by atoms with E-state index in [1.807, 2.05) is 47.0 Å². The molecule has 2 heterocycles. The maximum Gasteiger partial charge on any atom is 0.179 e. The average Bonchev–Trinajstić information content (AvgIpc) is 2.76. The first-order valence-corrected chi connectivity index (χ1v) is 6.47. The summed E-state index contributed by atoms with van der Waals surface area (Å²) in [6, 6.07) is 13.6. The van der Waals surface area contributed by atoms with Crippen LogP contribution in [0.4, 0.5) is 0 Å². The number of H-pyrrole nitrogens is 1. The summed E-state index contributed by atoms with van der Waals surface area (Å²) in [6.07, 6.45) is 1.76. The number of aromatic amines is 1. The number of rotatable bonds is 4. The van der Waals surface area contributed by atoms with E-state index in [0.29, 0.717) is 17.9 Å². The third-order valence-corrected chi connectivity index (χ3v) is 3.18. The second kappa shape index (κ2) is 5.24. The quantitative estimate of drug-likeness (QED) is 0.741. The van der Waals surface area contributed by atoms with Gasteiger partial charge in [-0.3, -0.25) is 4.57 Å². The summed E-state index contributed by atoms with van der Waals surface area (Å²) < 4.78 is 8.30. The van der Waals surface area contributed by atoms with Crippen LogP contribution >= 0.6 is 12.2 Å². The molecule has 96 valence electrons. The maximum absolute atomic E-state index is 5.67. The van der Waals surface area contributed by atoms with Gasteiger partial charge >= 0.3 is 0 Å². The molecule has 0 spiro atoms. The zero-order valence-electron chi connectivity index (χ0n) is 10.2. The molecule has 3 aromatic rings. The maximum atomic E-state index is 5.67. The van der Waals surface area contributed by atoms with Gasteiger partial charge in [-0.25, -0.2) is 4.98 Å². The van der Waals surface area contributed by atoms with Gasteiger partial charge in [0.2, 0.25) is 0 Å². The van der Waals surface area contributed by atoms with Crippen molar-refractivity contribution < 1.29 is 4.74 Å². The van der Waals surface area contributed by atoms with E-state index in [2.05, 4.69) is 9.97 Å². The summed E-state index contributed by atoms with van der Waals surface area (Å²) in [7, 11) is 0. The van der Waals surface area contributed by atoms with Gasteiger partial charge in [0.05, 0.1) is 12.1 Å². The number of imidazole rings is 1. The number of ether oxygens (including phenoxy) is 1. The predicted molar refractivity (Wildman–Crippen MR) is 76.9 cm³/mol. The zero-order chi connectivity index (χ0) is 13.1. The van der Waals surface area contributed by atoms with Gasteiger partial charge in [-0.05, 0) is 36.5 Å². The first kappa shape index (κ1) is 11.9. The van der Waals surface area contributed by atoms with Crippen LogP contribution in [0, 0.1) is 4.77 Å². The summed E-state index contributed by atoms with van der Waals surface area (Å²) in [4.78, 5) is 7.47. The summed E-state index contributed by atoms with van der Waals surface area (Å²) in [5.74, 6) is 0.863. The number of pyridine rings is 1. The monoisotopic (exact) mass is 271 g/mol. The van der Waals surface area contributed by atoms with Crippen molar-refractivity contribution in [3.05, 3.63) is 53.4 Å². The Morgan fingerprint density at radius 2 is 2.00 bits per heavy atom. The van der Waals surface area contributed by atoms with Crippen LogP contribution in [0.25, 0.3) is 11.2 Å². The molecule has 0 bridgehead atoms. The first-order chi connectivity index (χ1) is 9.34. The normalized spacial score (nSPS) is 10.7. The van der Waals surface area contributed by atoms with E-state index in [1.54, 1.807) is 6.20 Å².